The molecule has 3 rings (SSSR count). The summed E-state index contributed by atoms with van der Waals surface area (Å²) in [5.74, 6) is 1.11. The molecule has 1 aromatic carbocycles. The van der Waals surface area contributed by atoms with E-state index in [1.807, 2.05) is 19.2 Å². The van der Waals surface area contributed by atoms with Crippen molar-refractivity contribution in [3.8, 4) is 5.75 Å². The first-order valence-corrected chi connectivity index (χ1v) is 10.2. The fourth-order valence-corrected chi connectivity index (χ4v) is 4.31. The summed E-state index contributed by atoms with van der Waals surface area (Å²) in [7, 11) is 4.01. The number of rotatable bonds is 6. The van der Waals surface area contributed by atoms with Gasteiger partial charge in [0, 0.05) is 32.6 Å². The summed E-state index contributed by atoms with van der Waals surface area (Å²) in [6, 6.07) is 6.46. The normalized spacial score (nSPS) is 23.2. The Balaban J connectivity index is 1.44. The average molecular weight is 373 g/mol. The Morgan fingerprint density at radius 3 is 2.59 bits per heavy atom. The zero-order valence-electron chi connectivity index (χ0n) is 16.7. The molecule has 1 aliphatic heterocycles. The van der Waals surface area contributed by atoms with Crippen molar-refractivity contribution in [3.63, 3.8) is 0 Å². The Labute approximate surface area is 162 Å². The Bertz CT molecular complexity index is 653. The fourth-order valence-electron chi connectivity index (χ4n) is 4.31. The van der Waals surface area contributed by atoms with Gasteiger partial charge in [0.2, 0.25) is 6.41 Å². The van der Waals surface area contributed by atoms with Gasteiger partial charge < -0.3 is 14.5 Å². The summed E-state index contributed by atoms with van der Waals surface area (Å²) < 4.78 is 5.61. The molecule has 0 spiro atoms. The average Bonchev–Trinajstić information content (AvgIpc) is 2.87. The second-order valence-corrected chi connectivity index (χ2v) is 8.19. The molecule has 1 aliphatic carbocycles. The summed E-state index contributed by atoms with van der Waals surface area (Å²) in [4.78, 5) is 27.3. The topological polar surface area (TPSA) is 49.9 Å². The van der Waals surface area contributed by atoms with Gasteiger partial charge in [-0.1, -0.05) is 6.07 Å². The third-order valence-corrected chi connectivity index (χ3v) is 6.25. The lowest BCUT2D eigenvalue weighted by Crippen LogP contribution is -2.34. The molecular weight excluding hydrogens is 340 g/mol. The largest absolute Gasteiger partial charge is 0.427 e. The highest BCUT2D eigenvalue weighted by atomic mass is 16.5. The van der Waals surface area contributed by atoms with Crippen molar-refractivity contribution >= 4 is 12.4 Å². The molecule has 1 aromatic rings. The molecule has 1 heterocycles. The molecule has 1 fully saturated rings. The number of nitrogens with zero attached hydrogens (tertiary/aromatic N) is 2. The zero-order valence-corrected chi connectivity index (χ0v) is 16.7. The van der Waals surface area contributed by atoms with Gasteiger partial charge in [-0.25, -0.2) is 0 Å². The van der Waals surface area contributed by atoms with Crippen LogP contribution in [0.25, 0.3) is 0 Å². The van der Waals surface area contributed by atoms with Gasteiger partial charge in [-0.3, -0.25) is 9.59 Å². The Hall–Kier alpha value is -1.88. The third kappa shape index (κ3) is 5.55. The van der Waals surface area contributed by atoms with Gasteiger partial charge in [-0.15, -0.1) is 0 Å². The van der Waals surface area contributed by atoms with Crippen molar-refractivity contribution in [3.05, 3.63) is 29.3 Å². The number of hydrogen-bond donors (Lipinski definition) is 0. The molecule has 0 saturated heterocycles. The molecule has 0 unspecified atom stereocenters. The van der Waals surface area contributed by atoms with Gasteiger partial charge >= 0.3 is 5.97 Å². The monoisotopic (exact) mass is 372 g/mol. The van der Waals surface area contributed by atoms with E-state index in [9.17, 15) is 9.59 Å². The SMILES string of the molecule is CN1CCc2ccc(OC(=O)CC[C@H]3CC[C@H](N(C)C=O)CC3)cc2CC1. The predicted octanol–water partition coefficient (Wildman–Crippen LogP) is 3.05. The first kappa shape index (κ1) is 19.9. The zero-order chi connectivity index (χ0) is 19.2. The van der Waals surface area contributed by atoms with Gasteiger partial charge in [0.15, 0.2) is 0 Å². The van der Waals surface area contributed by atoms with Crippen LogP contribution in [-0.2, 0) is 22.4 Å². The fraction of sp³-hybridized carbons (Fsp3) is 0.636. The number of ether oxygens (including phenoxy) is 1. The van der Waals surface area contributed by atoms with Crippen molar-refractivity contribution < 1.29 is 14.3 Å². The van der Waals surface area contributed by atoms with E-state index in [-0.39, 0.29) is 5.97 Å². The summed E-state index contributed by atoms with van der Waals surface area (Å²) >= 11 is 0. The van der Waals surface area contributed by atoms with Crippen LogP contribution in [-0.4, -0.2) is 55.4 Å². The number of esters is 1. The summed E-state index contributed by atoms with van der Waals surface area (Å²) in [5, 5.41) is 0. The van der Waals surface area contributed by atoms with Crippen LogP contribution in [0.4, 0.5) is 0 Å². The molecule has 1 saturated carbocycles. The minimum atomic E-state index is -0.132. The summed E-state index contributed by atoms with van der Waals surface area (Å²) in [5.41, 5.74) is 2.68. The van der Waals surface area contributed by atoms with Crippen LogP contribution in [0.15, 0.2) is 18.2 Å². The van der Waals surface area contributed by atoms with Gasteiger partial charge in [-0.05, 0) is 81.2 Å². The van der Waals surface area contributed by atoms with Crippen LogP contribution in [0, 0.1) is 5.92 Å². The lowest BCUT2D eigenvalue weighted by atomic mass is 9.83. The Kier molecular flexibility index (Phi) is 6.89. The van der Waals surface area contributed by atoms with Crippen LogP contribution in [0.3, 0.4) is 0 Å². The standard InChI is InChI=1S/C22H32N2O3/c1-23-13-11-18-6-9-21(15-19(18)12-14-23)27-22(26)10-5-17-3-7-20(8-4-17)24(2)16-25/h6,9,15-17,20H,3-5,7-8,10-14H2,1-2H3/t17-,20-. The van der Waals surface area contributed by atoms with Crippen LogP contribution in [0.5, 0.6) is 5.75 Å². The molecule has 148 valence electrons. The number of hydrogen-bond acceptors (Lipinski definition) is 4. The highest BCUT2D eigenvalue weighted by Crippen LogP contribution is 2.30. The molecule has 0 radical (unpaired) electrons. The third-order valence-electron chi connectivity index (χ3n) is 6.25. The first-order chi connectivity index (χ1) is 13.0. The highest BCUT2D eigenvalue weighted by Gasteiger charge is 2.24. The van der Waals surface area contributed by atoms with Crippen molar-refractivity contribution in [2.24, 2.45) is 5.92 Å². The minimum absolute atomic E-state index is 0.132. The van der Waals surface area contributed by atoms with Crippen LogP contribution >= 0.6 is 0 Å². The number of benzene rings is 1. The maximum absolute atomic E-state index is 12.3. The molecule has 5 heteroatoms. The summed E-state index contributed by atoms with van der Waals surface area (Å²) in [6.07, 6.45) is 8.58. The van der Waals surface area contributed by atoms with E-state index in [0.29, 0.717) is 24.1 Å². The van der Waals surface area contributed by atoms with E-state index in [4.69, 9.17) is 4.74 Å². The lowest BCUT2D eigenvalue weighted by molar-refractivity contribution is -0.134. The van der Waals surface area contributed by atoms with Gasteiger partial charge in [0.1, 0.15) is 5.75 Å². The first-order valence-electron chi connectivity index (χ1n) is 10.2. The minimum Gasteiger partial charge on any atom is -0.427 e. The van der Waals surface area contributed by atoms with Gasteiger partial charge in [0.05, 0.1) is 0 Å². The Morgan fingerprint density at radius 1 is 1.19 bits per heavy atom. The Morgan fingerprint density at radius 2 is 1.89 bits per heavy atom. The lowest BCUT2D eigenvalue weighted by Gasteiger charge is -2.32. The molecule has 1 amide bonds. The van der Waals surface area contributed by atoms with E-state index >= 15 is 0 Å². The maximum atomic E-state index is 12.3. The van der Waals surface area contributed by atoms with Crippen LogP contribution < -0.4 is 4.74 Å². The van der Waals surface area contributed by atoms with Crippen molar-refractivity contribution in [1.29, 1.82) is 0 Å². The van der Waals surface area contributed by atoms with Crippen molar-refractivity contribution in [2.75, 3.05) is 27.2 Å². The van der Waals surface area contributed by atoms with E-state index in [0.717, 1.165) is 64.4 Å². The second kappa shape index (κ2) is 9.36. The summed E-state index contributed by atoms with van der Waals surface area (Å²) in [6.45, 7) is 2.13. The van der Waals surface area contributed by atoms with Crippen LogP contribution in [0.1, 0.15) is 49.7 Å². The molecule has 2 aliphatic rings. The number of amides is 1. The van der Waals surface area contributed by atoms with Gasteiger partial charge in [-0.2, -0.15) is 0 Å². The maximum Gasteiger partial charge on any atom is 0.311 e. The van der Waals surface area contributed by atoms with Gasteiger partial charge in [0.25, 0.3) is 0 Å². The van der Waals surface area contributed by atoms with Crippen molar-refractivity contribution in [1.82, 2.24) is 9.80 Å². The molecular formula is C22H32N2O3. The second-order valence-electron chi connectivity index (χ2n) is 8.19. The molecule has 0 aromatic heterocycles. The smallest absolute Gasteiger partial charge is 0.311 e. The number of fused-ring (bicyclic) bond motifs is 1. The molecule has 0 bridgehead atoms. The highest BCUT2D eigenvalue weighted by molar-refractivity contribution is 5.72. The number of carbonyl (C=O) groups excluding carboxylic acids is 2. The van der Waals surface area contributed by atoms with E-state index < -0.39 is 0 Å². The number of likely N-dealkylation sites (N-methyl/N-ethyl adjacent to an activating group) is 1. The number of carbonyl (C=O) groups is 2. The molecule has 27 heavy (non-hydrogen) atoms. The quantitative estimate of drug-likeness (QED) is 0.437. The molecule has 0 atom stereocenters. The van der Waals surface area contributed by atoms with E-state index in [2.05, 4.69) is 18.0 Å². The molecule has 5 nitrogen and oxygen atoms in total. The molecule has 0 N–H and O–H groups in total. The van der Waals surface area contributed by atoms with E-state index in [1.165, 1.54) is 11.1 Å². The van der Waals surface area contributed by atoms with E-state index in [1.54, 1.807) is 4.90 Å². The van der Waals surface area contributed by atoms with Crippen LogP contribution in [0.2, 0.25) is 0 Å². The van der Waals surface area contributed by atoms with Crippen molar-refractivity contribution in [2.45, 2.75) is 57.4 Å². The predicted molar refractivity (Wildman–Crippen MR) is 106 cm³/mol.